The predicted octanol–water partition coefficient (Wildman–Crippen LogP) is -0.501. The number of carbonyl (C=O) groups is 3. The molecular formula is C11H17N3O4. The van der Waals surface area contributed by atoms with Gasteiger partial charge in [-0.05, 0) is 6.42 Å². The van der Waals surface area contributed by atoms with Crippen molar-refractivity contribution in [3.63, 3.8) is 0 Å². The molecule has 7 nitrogen and oxygen atoms in total. The molecule has 1 aliphatic rings. The van der Waals surface area contributed by atoms with Crippen LogP contribution in [-0.4, -0.2) is 65.5 Å². The van der Waals surface area contributed by atoms with Crippen LogP contribution < -0.4 is 5.32 Å². The maximum atomic E-state index is 11.8. The number of hydrogen-bond acceptors (Lipinski definition) is 3. The first-order chi connectivity index (χ1) is 8.45. The van der Waals surface area contributed by atoms with Gasteiger partial charge in [0, 0.05) is 20.1 Å². The third-order valence-corrected chi connectivity index (χ3v) is 2.74. The molecule has 1 unspecified atom stereocenters. The van der Waals surface area contributed by atoms with Gasteiger partial charge in [-0.2, -0.15) is 0 Å². The van der Waals surface area contributed by atoms with Crippen LogP contribution in [0.1, 0.15) is 6.42 Å². The molecule has 1 saturated heterocycles. The minimum Gasteiger partial charge on any atom is -0.480 e. The number of carboxylic acid groups (broad SMARTS) is 1. The molecule has 0 bridgehead atoms. The van der Waals surface area contributed by atoms with Gasteiger partial charge < -0.3 is 20.2 Å². The van der Waals surface area contributed by atoms with Gasteiger partial charge in [-0.1, -0.05) is 6.08 Å². The molecule has 0 aromatic rings. The minimum atomic E-state index is -1.12. The summed E-state index contributed by atoms with van der Waals surface area (Å²) in [5.74, 6) is -1.28. The second kappa shape index (κ2) is 6.04. The predicted molar refractivity (Wildman–Crippen MR) is 64.0 cm³/mol. The number of carboxylic acids is 1. The molecule has 0 saturated carbocycles. The van der Waals surface area contributed by atoms with E-state index in [4.69, 9.17) is 5.11 Å². The number of nitrogens with zero attached hydrogens (tertiary/aromatic N) is 2. The van der Waals surface area contributed by atoms with Crippen LogP contribution in [0.25, 0.3) is 0 Å². The van der Waals surface area contributed by atoms with Crippen LogP contribution in [0, 0.1) is 0 Å². The van der Waals surface area contributed by atoms with Crippen molar-refractivity contribution in [2.45, 2.75) is 12.5 Å². The van der Waals surface area contributed by atoms with Crippen LogP contribution in [0.15, 0.2) is 12.7 Å². The lowest BCUT2D eigenvalue weighted by atomic mass is 10.2. The number of aliphatic carboxylic acids is 1. The Bertz CT molecular complexity index is 369. The highest BCUT2D eigenvalue weighted by Crippen LogP contribution is 2.03. The quantitative estimate of drug-likeness (QED) is 0.663. The monoisotopic (exact) mass is 255 g/mol. The van der Waals surface area contributed by atoms with Crippen molar-refractivity contribution in [2.75, 3.05) is 26.7 Å². The molecule has 0 aliphatic carbocycles. The average molecular weight is 255 g/mol. The first kappa shape index (κ1) is 14.0. The van der Waals surface area contributed by atoms with Gasteiger partial charge in [0.2, 0.25) is 5.91 Å². The van der Waals surface area contributed by atoms with E-state index in [0.717, 1.165) is 0 Å². The van der Waals surface area contributed by atoms with Crippen molar-refractivity contribution in [3.05, 3.63) is 12.7 Å². The summed E-state index contributed by atoms with van der Waals surface area (Å²) in [7, 11) is 1.66. The molecule has 0 spiro atoms. The van der Waals surface area contributed by atoms with E-state index in [0.29, 0.717) is 13.1 Å². The fourth-order valence-corrected chi connectivity index (χ4v) is 1.56. The number of nitrogens with one attached hydrogen (secondary N) is 1. The Kier molecular flexibility index (Phi) is 4.70. The highest BCUT2D eigenvalue weighted by Gasteiger charge is 2.27. The summed E-state index contributed by atoms with van der Waals surface area (Å²) in [6.45, 7) is 4.26. The highest BCUT2D eigenvalue weighted by molar-refractivity contribution is 5.87. The second-order valence-electron chi connectivity index (χ2n) is 4.10. The summed E-state index contributed by atoms with van der Waals surface area (Å²) in [4.78, 5) is 36.9. The zero-order valence-electron chi connectivity index (χ0n) is 10.3. The Hall–Kier alpha value is -2.05. The van der Waals surface area contributed by atoms with Gasteiger partial charge in [0.25, 0.3) is 0 Å². The Morgan fingerprint density at radius 1 is 1.56 bits per heavy atom. The number of amides is 3. The molecule has 1 fully saturated rings. The number of hydrogen-bond donors (Lipinski definition) is 2. The van der Waals surface area contributed by atoms with Crippen LogP contribution in [0.2, 0.25) is 0 Å². The number of likely N-dealkylation sites (N-methyl/N-ethyl adjacent to an activating group) is 1. The molecule has 7 heteroatoms. The van der Waals surface area contributed by atoms with Crippen molar-refractivity contribution < 1.29 is 19.5 Å². The molecule has 1 heterocycles. The Labute approximate surface area is 105 Å². The molecule has 0 aromatic heterocycles. The summed E-state index contributed by atoms with van der Waals surface area (Å²) >= 11 is 0. The third-order valence-electron chi connectivity index (χ3n) is 2.74. The first-order valence-corrected chi connectivity index (χ1v) is 5.58. The van der Waals surface area contributed by atoms with E-state index in [9.17, 15) is 14.4 Å². The number of carbonyl (C=O) groups excluding carboxylic acids is 2. The Morgan fingerprint density at radius 2 is 2.22 bits per heavy atom. The molecule has 0 aromatic carbocycles. The second-order valence-corrected chi connectivity index (χ2v) is 4.10. The molecule has 0 radical (unpaired) electrons. The number of rotatable bonds is 4. The molecule has 100 valence electrons. The number of urea groups is 1. The maximum absolute atomic E-state index is 11.8. The first-order valence-electron chi connectivity index (χ1n) is 5.58. The van der Waals surface area contributed by atoms with Crippen molar-refractivity contribution in [1.82, 2.24) is 15.1 Å². The van der Waals surface area contributed by atoms with Crippen LogP contribution in [-0.2, 0) is 9.59 Å². The van der Waals surface area contributed by atoms with Crippen molar-refractivity contribution in [2.24, 2.45) is 0 Å². The normalized spacial score (nSPS) is 17.3. The van der Waals surface area contributed by atoms with Crippen molar-refractivity contribution in [3.8, 4) is 0 Å². The van der Waals surface area contributed by atoms with Gasteiger partial charge in [-0.3, -0.25) is 4.79 Å². The maximum Gasteiger partial charge on any atom is 0.326 e. The lowest BCUT2D eigenvalue weighted by Crippen LogP contribution is -2.55. The largest absolute Gasteiger partial charge is 0.480 e. The summed E-state index contributed by atoms with van der Waals surface area (Å²) in [5.41, 5.74) is 0. The van der Waals surface area contributed by atoms with E-state index in [1.165, 1.54) is 15.9 Å². The standard InChI is InChI=1S/C11H17N3O4/c1-3-4-8(10(16)17)12-11(18)14-6-5-13(2)9(15)7-14/h3,8H,1,4-7H2,2H3,(H,12,18)(H,16,17). The van der Waals surface area contributed by atoms with E-state index in [1.807, 2.05) is 0 Å². The van der Waals surface area contributed by atoms with E-state index < -0.39 is 18.0 Å². The smallest absolute Gasteiger partial charge is 0.326 e. The van der Waals surface area contributed by atoms with Crippen molar-refractivity contribution in [1.29, 1.82) is 0 Å². The SMILES string of the molecule is C=CCC(NC(=O)N1CCN(C)C(=O)C1)C(=O)O. The molecular weight excluding hydrogens is 238 g/mol. The Balaban J connectivity index is 2.56. The van der Waals surface area contributed by atoms with Gasteiger partial charge >= 0.3 is 12.0 Å². The fourth-order valence-electron chi connectivity index (χ4n) is 1.56. The molecule has 18 heavy (non-hydrogen) atoms. The van der Waals surface area contributed by atoms with Gasteiger partial charge in [0.1, 0.15) is 12.6 Å². The van der Waals surface area contributed by atoms with E-state index in [2.05, 4.69) is 11.9 Å². The zero-order chi connectivity index (χ0) is 13.7. The zero-order valence-corrected chi connectivity index (χ0v) is 10.3. The lowest BCUT2D eigenvalue weighted by molar-refractivity contribution is -0.139. The fraction of sp³-hybridized carbons (Fsp3) is 0.545. The minimum absolute atomic E-state index is 0.0250. The molecule has 2 N–H and O–H groups in total. The van der Waals surface area contributed by atoms with Crippen molar-refractivity contribution >= 4 is 17.9 Å². The van der Waals surface area contributed by atoms with Crippen LogP contribution >= 0.6 is 0 Å². The molecule has 1 rings (SSSR count). The van der Waals surface area contributed by atoms with E-state index in [1.54, 1.807) is 7.05 Å². The van der Waals surface area contributed by atoms with Gasteiger partial charge in [0.15, 0.2) is 0 Å². The van der Waals surface area contributed by atoms with Gasteiger partial charge in [0.05, 0.1) is 0 Å². The summed E-state index contributed by atoms with van der Waals surface area (Å²) in [5, 5.41) is 11.3. The summed E-state index contributed by atoms with van der Waals surface area (Å²) in [6, 6.07) is -1.55. The molecule has 3 amide bonds. The van der Waals surface area contributed by atoms with Crippen LogP contribution in [0.3, 0.4) is 0 Å². The molecule has 1 atom stereocenters. The van der Waals surface area contributed by atoms with Crippen LogP contribution in [0.5, 0.6) is 0 Å². The topological polar surface area (TPSA) is 90.0 Å². The lowest BCUT2D eigenvalue weighted by Gasteiger charge is -2.32. The summed E-state index contributed by atoms with van der Waals surface area (Å²) < 4.78 is 0. The van der Waals surface area contributed by atoms with Gasteiger partial charge in [-0.25, -0.2) is 9.59 Å². The van der Waals surface area contributed by atoms with E-state index in [-0.39, 0.29) is 18.9 Å². The Morgan fingerprint density at radius 3 is 2.72 bits per heavy atom. The van der Waals surface area contributed by atoms with Gasteiger partial charge in [-0.15, -0.1) is 6.58 Å². The number of piperazine rings is 1. The van der Waals surface area contributed by atoms with Crippen LogP contribution in [0.4, 0.5) is 4.79 Å². The summed E-state index contributed by atoms with van der Waals surface area (Å²) in [6.07, 6.45) is 1.57. The average Bonchev–Trinajstić information content (AvgIpc) is 2.31. The third kappa shape index (κ3) is 3.47. The van der Waals surface area contributed by atoms with E-state index >= 15 is 0 Å². The highest BCUT2D eigenvalue weighted by atomic mass is 16.4. The molecule has 1 aliphatic heterocycles.